The lowest BCUT2D eigenvalue weighted by atomic mass is 9.94. The first kappa shape index (κ1) is 21.9. The summed E-state index contributed by atoms with van der Waals surface area (Å²) in [5.74, 6) is 0.955. The van der Waals surface area contributed by atoms with E-state index in [9.17, 15) is 0 Å². The molecule has 0 aliphatic carbocycles. The minimum atomic E-state index is -0.127. The number of methoxy groups -OCH3 is 1. The third kappa shape index (κ3) is 5.71. The van der Waals surface area contributed by atoms with Gasteiger partial charge >= 0.3 is 0 Å². The van der Waals surface area contributed by atoms with Gasteiger partial charge in [-0.25, -0.2) is 0 Å². The molecular weight excluding hydrogens is 419 g/mol. The molecule has 0 saturated carbocycles. The number of aliphatic imine (C=N–C) groups is 1. The Morgan fingerprint density at radius 3 is 2.71 bits per heavy atom. The van der Waals surface area contributed by atoms with Crippen molar-refractivity contribution < 1.29 is 9.47 Å². The normalized spacial score (nSPS) is 24.5. The Morgan fingerprint density at radius 2 is 2.12 bits per heavy atom. The van der Waals surface area contributed by atoms with E-state index in [1.807, 2.05) is 7.05 Å². The molecule has 2 aliphatic heterocycles. The minimum Gasteiger partial charge on any atom is -0.381 e. The summed E-state index contributed by atoms with van der Waals surface area (Å²) in [6.45, 7) is 7.97. The van der Waals surface area contributed by atoms with Crippen LogP contribution in [0.25, 0.3) is 0 Å². The lowest BCUT2D eigenvalue weighted by molar-refractivity contribution is -0.0857. The van der Waals surface area contributed by atoms with E-state index in [1.54, 1.807) is 7.11 Å². The van der Waals surface area contributed by atoms with Crippen LogP contribution >= 0.6 is 24.0 Å². The molecule has 2 rings (SSSR count). The highest BCUT2D eigenvalue weighted by Crippen LogP contribution is 2.23. The second-order valence-electron chi connectivity index (χ2n) is 6.71. The molecule has 0 spiro atoms. The second kappa shape index (κ2) is 10.8. The lowest BCUT2D eigenvalue weighted by Crippen LogP contribution is -2.52. The average Bonchev–Trinajstić information content (AvgIpc) is 3.03. The summed E-state index contributed by atoms with van der Waals surface area (Å²) >= 11 is 0. The predicted molar refractivity (Wildman–Crippen MR) is 109 cm³/mol. The molecule has 2 aliphatic rings. The summed E-state index contributed by atoms with van der Waals surface area (Å²) < 4.78 is 11.3. The molecule has 0 aromatic heterocycles. The number of nitrogens with zero attached hydrogens (tertiary/aromatic N) is 3. The van der Waals surface area contributed by atoms with Gasteiger partial charge < -0.3 is 19.7 Å². The number of guanidine groups is 1. The van der Waals surface area contributed by atoms with Crippen LogP contribution in [0.2, 0.25) is 0 Å². The molecule has 7 heteroatoms. The molecule has 1 atom stereocenters. The summed E-state index contributed by atoms with van der Waals surface area (Å²) in [6.07, 6.45) is 4.46. The number of nitrogens with one attached hydrogen (secondary N) is 1. The molecule has 2 saturated heterocycles. The van der Waals surface area contributed by atoms with Crippen molar-refractivity contribution in [2.24, 2.45) is 4.99 Å². The fourth-order valence-electron chi connectivity index (χ4n) is 3.74. The van der Waals surface area contributed by atoms with Gasteiger partial charge in [-0.2, -0.15) is 0 Å². The van der Waals surface area contributed by atoms with Crippen LogP contribution in [0.5, 0.6) is 0 Å². The van der Waals surface area contributed by atoms with Gasteiger partial charge in [0.05, 0.1) is 5.60 Å². The van der Waals surface area contributed by atoms with Crippen molar-refractivity contribution in [3.63, 3.8) is 0 Å². The quantitative estimate of drug-likeness (QED) is 0.377. The van der Waals surface area contributed by atoms with E-state index in [2.05, 4.69) is 34.1 Å². The zero-order valence-electron chi connectivity index (χ0n) is 15.7. The van der Waals surface area contributed by atoms with Crippen LogP contribution < -0.4 is 5.32 Å². The Balaban J connectivity index is 0.00000288. The number of hydrogen-bond donors (Lipinski definition) is 1. The number of ether oxygens (including phenoxy) is 2. The van der Waals surface area contributed by atoms with E-state index >= 15 is 0 Å². The Bertz CT molecular complexity index is 389. The highest BCUT2D eigenvalue weighted by Gasteiger charge is 2.33. The van der Waals surface area contributed by atoms with Gasteiger partial charge in [-0.05, 0) is 25.9 Å². The maximum atomic E-state index is 5.80. The molecule has 2 fully saturated rings. The summed E-state index contributed by atoms with van der Waals surface area (Å²) in [6, 6.07) is 0.642. The monoisotopic (exact) mass is 454 g/mol. The molecule has 1 N–H and O–H groups in total. The van der Waals surface area contributed by atoms with Crippen LogP contribution in [0.4, 0.5) is 0 Å². The third-order valence-electron chi connectivity index (χ3n) is 5.37. The summed E-state index contributed by atoms with van der Waals surface area (Å²) in [7, 11) is 5.79. The van der Waals surface area contributed by atoms with E-state index in [0.717, 1.165) is 51.6 Å². The van der Waals surface area contributed by atoms with Crippen LogP contribution in [-0.4, -0.2) is 88.0 Å². The zero-order valence-corrected chi connectivity index (χ0v) is 18.0. The summed E-state index contributed by atoms with van der Waals surface area (Å²) in [4.78, 5) is 9.28. The Kier molecular flexibility index (Phi) is 9.84. The van der Waals surface area contributed by atoms with E-state index in [-0.39, 0.29) is 29.6 Å². The van der Waals surface area contributed by atoms with E-state index in [4.69, 9.17) is 9.47 Å². The Labute approximate surface area is 164 Å². The SMILES string of the molecule is CCN1CCCC1CN(C)C(=NC)NCC1(OC)CCOCC1.I. The van der Waals surface area contributed by atoms with Crippen molar-refractivity contribution in [2.75, 3.05) is 60.6 Å². The van der Waals surface area contributed by atoms with Gasteiger partial charge in [0, 0.05) is 66.4 Å². The van der Waals surface area contributed by atoms with E-state index in [0.29, 0.717) is 6.04 Å². The van der Waals surface area contributed by atoms with Gasteiger partial charge in [0.1, 0.15) is 0 Å². The fraction of sp³-hybridized carbons (Fsp3) is 0.941. The maximum Gasteiger partial charge on any atom is 0.193 e. The molecule has 0 aromatic rings. The number of rotatable bonds is 6. The standard InChI is InChI=1S/C17H34N4O2.HI/c1-5-21-10-6-7-15(21)13-20(3)16(18-2)19-14-17(22-4)8-11-23-12-9-17;/h15H,5-14H2,1-4H3,(H,18,19);1H. The Hall–Kier alpha value is -0.120. The van der Waals surface area contributed by atoms with Gasteiger partial charge in [-0.3, -0.25) is 9.89 Å². The van der Waals surface area contributed by atoms with E-state index in [1.165, 1.54) is 19.4 Å². The highest BCUT2D eigenvalue weighted by atomic mass is 127. The molecule has 0 amide bonds. The largest absolute Gasteiger partial charge is 0.381 e. The highest BCUT2D eigenvalue weighted by molar-refractivity contribution is 14.0. The first-order valence-corrected chi connectivity index (χ1v) is 8.93. The molecule has 1 unspecified atom stereocenters. The number of likely N-dealkylation sites (tertiary alicyclic amines) is 1. The van der Waals surface area contributed by atoms with Crippen molar-refractivity contribution in [1.82, 2.24) is 15.1 Å². The molecule has 24 heavy (non-hydrogen) atoms. The molecule has 2 heterocycles. The Morgan fingerprint density at radius 1 is 1.42 bits per heavy atom. The van der Waals surface area contributed by atoms with Crippen molar-refractivity contribution >= 4 is 29.9 Å². The molecule has 0 radical (unpaired) electrons. The van der Waals surface area contributed by atoms with Crippen molar-refractivity contribution in [1.29, 1.82) is 0 Å². The average molecular weight is 454 g/mol. The minimum absolute atomic E-state index is 0. The predicted octanol–water partition coefficient (Wildman–Crippen LogP) is 1.79. The van der Waals surface area contributed by atoms with Crippen molar-refractivity contribution in [3.05, 3.63) is 0 Å². The number of halogens is 1. The first-order valence-electron chi connectivity index (χ1n) is 8.93. The molecule has 0 bridgehead atoms. The second-order valence-corrected chi connectivity index (χ2v) is 6.71. The smallest absolute Gasteiger partial charge is 0.193 e. The van der Waals surface area contributed by atoms with Crippen LogP contribution in [-0.2, 0) is 9.47 Å². The van der Waals surface area contributed by atoms with Gasteiger partial charge in [0.15, 0.2) is 5.96 Å². The van der Waals surface area contributed by atoms with Gasteiger partial charge in [-0.1, -0.05) is 6.92 Å². The number of hydrogen-bond acceptors (Lipinski definition) is 4. The van der Waals surface area contributed by atoms with E-state index < -0.39 is 0 Å². The maximum absolute atomic E-state index is 5.80. The van der Waals surface area contributed by atoms with Crippen LogP contribution in [0.3, 0.4) is 0 Å². The summed E-state index contributed by atoms with van der Waals surface area (Å²) in [5, 5.41) is 3.51. The fourth-order valence-corrected chi connectivity index (χ4v) is 3.74. The van der Waals surface area contributed by atoms with Crippen molar-refractivity contribution in [2.45, 2.75) is 44.2 Å². The van der Waals surface area contributed by atoms with Gasteiger partial charge in [0.2, 0.25) is 0 Å². The van der Waals surface area contributed by atoms with Crippen LogP contribution in [0, 0.1) is 0 Å². The molecule has 0 aromatic carbocycles. The first-order chi connectivity index (χ1) is 11.1. The van der Waals surface area contributed by atoms with Gasteiger partial charge in [0.25, 0.3) is 0 Å². The van der Waals surface area contributed by atoms with Crippen molar-refractivity contribution in [3.8, 4) is 0 Å². The number of likely N-dealkylation sites (N-methyl/N-ethyl adjacent to an activating group) is 2. The molecule has 6 nitrogen and oxygen atoms in total. The zero-order chi connectivity index (χ0) is 16.7. The topological polar surface area (TPSA) is 49.3 Å². The summed E-state index contributed by atoms with van der Waals surface area (Å²) in [5.41, 5.74) is -0.127. The molecule has 142 valence electrons. The van der Waals surface area contributed by atoms with Crippen LogP contribution in [0.1, 0.15) is 32.6 Å². The lowest BCUT2D eigenvalue weighted by Gasteiger charge is -2.37. The van der Waals surface area contributed by atoms with Crippen LogP contribution in [0.15, 0.2) is 4.99 Å². The third-order valence-corrected chi connectivity index (χ3v) is 5.37. The molecular formula is C17H35IN4O2. The van der Waals surface area contributed by atoms with Gasteiger partial charge in [-0.15, -0.1) is 24.0 Å².